The molecule has 0 amide bonds. The lowest BCUT2D eigenvalue weighted by molar-refractivity contribution is -0.217. The van der Waals surface area contributed by atoms with E-state index in [4.69, 9.17) is 14.2 Å². The fourth-order valence-corrected chi connectivity index (χ4v) is 2.40. The highest BCUT2D eigenvalue weighted by molar-refractivity contribution is 5.74. The Balaban J connectivity index is 2.20. The Labute approximate surface area is 89.9 Å². The van der Waals surface area contributed by atoms with E-state index < -0.39 is 5.79 Å². The summed E-state index contributed by atoms with van der Waals surface area (Å²) in [4.78, 5) is 11.7. The lowest BCUT2D eigenvalue weighted by Crippen LogP contribution is -2.44. The molecule has 0 aromatic heterocycles. The highest BCUT2D eigenvalue weighted by Crippen LogP contribution is 2.43. The van der Waals surface area contributed by atoms with Crippen molar-refractivity contribution in [1.82, 2.24) is 0 Å². The molecule has 2 heterocycles. The second-order valence-corrected chi connectivity index (χ2v) is 4.73. The van der Waals surface area contributed by atoms with Gasteiger partial charge >= 0.3 is 5.97 Å². The number of methoxy groups -OCH3 is 1. The lowest BCUT2D eigenvalue weighted by Gasteiger charge is -2.34. The van der Waals surface area contributed by atoms with E-state index in [0.717, 1.165) is 0 Å². The SMILES string of the molecule is CO[C@]1(C)C[C@H]2C(=O)O[C@@H](C)[C@H](C)[C@H]2O1. The number of ether oxygens (including phenoxy) is 3. The summed E-state index contributed by atoms with van der Waals surface area (Å²) in [6.07, 6.45) is 0.452. The molecule has 0 N–H and O–H groups in total. The molecule has 0 saturated carbocycles. The van der Waals surface area contributed by atoms with E-state index >= 15 is 0 Å². The van der Waals surface area contributed by atoms with E-state index in [-0.39, 0.29) is 30.0 Å². The van der Waals surface area contributed by atoms with Crippen LogP contribution in [0.25, 0.3) is 0 Å². The molecule has 4 nitrogen and oxygen atoms in total. The molecule has 0 radical (unpaired) electrons. The molecule has 4 heteroatoms. The van der Waals surface area contributed by atoms with Crippen molar-refractivity contribution in [1.29, 1.82) is 0 Å². The first kappa shape index (κ1) is 10.9. The van der Waals surface area contributed by atoms with Crippen LogP contribution in [0.4, 0.5) is 0 Å². The molecular weight excluding hydrogens is 196 g/mol. The van der Waals surface area contributed by atoms with Gasteiger partial charge in [0.2, 0.25) is 0 Å². The molecule has 15 heavy (non-hydrogen) atoms. The number of carbonyl (C=O) groups excluding carboxylic acids is 1. The van der Waals surface area contributed by atoms with Crippen LogP contribution in [0, 0.1) is 11.8 Å². The maximum absolute atomic E-state index is 11.7. The molecule has 5 atom stereocenters. The van der Waals surface area contributed by atoms with Crippen molar-refractivity contribution < 1.29 is 19.0 Å². The number of fused-ring (bicyclic) bond motifs is 1. The smallest absolute Gasteiger partial charge is 0.312 e. The number of cyclic esters (lactones) is 1. The summed E-state index contributed by atoms with van der Waals surface area (Å²) in [6.45, 7) is 5.83. The Morgan fingerprint density at radius 1 is 1.47 bits per heavy atom. The second kappa shape index (κ2) is 3.46. The Hall–Kier alpha value is -0.610. The highest BCUT2D eigenvalue weighted by atomic mass is 16.7. The van der Waals surface area contributed by atoms with Gasteiger partial charge in [0.1, 0.15) is 6.10 Å². The largest absolute Gasteiger partial charge is 0.462 e. The monoisotopic (exact) mass is 214 g/mol. The average molecular weight is 214 g/mol. The normalized spacial score (nSPS) is 50.0. The Morgan fingerprint density at radius 2 is 2.13 bits per heavy atom. The standard InChI is InChI=1S/C11H18O4/c1-6-7(2)14-10(12)8-5-11(3,13-4)15-9(6)8/h6-9H,5H2,1-4H3/t6-,7-,8+,9+,11-/m0/s1. The summed E-state index contributed by atoms with van der Waals surface area (Å²) in [7, 11) is 1.61. The van der Waals surface area contributed by atoms with Crippen LogP contribution in [0.3, 0.4) is 0 Å². The average Bonchev–Trinajstić information content (AvgIpc) is 2.55. The van der Waals surface area contributed by atoms with Crippen molar-refractivity contribution in [2.45, 2.75) is 45.2 Å². The van der Waals surface area contributed by atoms with Crippen LogP contribution in [0.5, 0.6) is 0 Å². The molecule has 0 aliphatic carbocycles. The van der Waals surface area contributed by atoms with Crippen LogP contribution in [-0.2, 0) is 19.0 Å². The minimum atomic E-state index is -0.632. The van der Waals surface area contributed by atoms with Crippen LogP contribution < -0.4 is 0 Å². The fourth-order valence-electron chi connectivity index (χ4n) is 2.40. The maximum Gasteiger partial charge on any atom is 0.312 e. The Morgan fingerprint density at radius 3 is 2.73 bits per heavy atom. The molecule has 0 aromatic rings. The van der Waals surface area contributed by atoms with Gasteiger partial charge in [-0.1, -0.05) is 6.92 Å². The van der Waals surface area contributed by atoms with Gasteiger partial charge in [0.25, 0.3) is 0 Å². The van der Waals surface area contributed by atoms with Gasteiger partial charge in [0.15, 0.2) is 5.79 Å². The minimum absolute atomic E-state index is 0.0637. The lowest BCUT2D eigenvalue weighted by atomic mass is 9.85. The zero-order valence-corrected chi connectivity index (χ0v) is 9.65. The number of carbonyl (C=O) groups is 1. The van der Waals surface area contributed by atoms with Crippen LogP contribution in [0.2, 0.25) is 0 Å². The van der Waals surface area contributed by atoms with E-state index in [1.807, 2.05) is 13.8 Å². The first-order valence-corrected chi connectivity index (χ1v) is 5.40. The maximum atomic E-state index is 11.7. The van der Waals surface area contributed by atoms with Crippen molar-refractivity contribution >= 4 is 5.97 Å². The summed E-state index contributed by atoms with van der Waals surface area (Å²) in [6, 6.07) is 0. The first-order chi connectivity index (χ1) is 6.97. The topological polar surface area (TPSA) is 44.8 Å². The van der Waals surface area contributed by atoms with E-state index in [9.17, 15) is 4.79 Å². The molecule has 2 aliphatic rings. The molecule has 2 aliphatic heterocycles. The van der Waals surface area contributed by atoms with Crippen molar-refractivity contribution in [3.8, 4) is 0 Å². The molecule has 2 rings (SSSR count). The van der Waals surface area contributed by atoms with E-state index in [1.165, 1.54) is 0 Å². The van der Waals surface area contributed by atoms with Gasteiger partial charge in [0.05, 0.1) is 12.0 Å². The van der Waals surface area contributed by atoms with Gasteiger partial charge in [-0.2, -0.15) is 0 Å². The van der Waals surface area contributed by atoms with Gasteiger partial charge in [-0.15, -0.1) is 0 Å². The van der Waals surface area contributed by atoms with Crippen molar-refractivity contribution in [2.24, 2.45) is 11.8 Å². The third-order valence-corrected chi connectivity index (χ3v) is 3.67. The second-order valence-electron chi connectivity index (χ2n) is 4.73. The minimum Gasteiger partial charge on any atom is -0.462 e. The Kier molecular flexibility index (Phi) is 2.51. The van der Waals surface area contributed by atoms with Crippen LogP contribution in [-0.4, -0.2) is 31.1 Å². The van der Waals surface area contributed by atoms with Crippen LogP contribution in [0.1, 0.15) is 27.2 Å². The van der Waals surface area contributed by atoms with Gasteiger partial charge in [-0.3, -0.25) is 4.79 Å². The number of hydrogen-bond donors (Lipinski definition) is 0. The molecule has 0 spiro atoms. The predicted molar refractivity (Wildman–Crippen MR) is 53.1 cm³/mol. The van der Waals surface area contributed by atoms with Gasteiger partial charge in [0, 0.05) is 19.4 Å². The summed E-state index contributed by atoms with van der Waals surface area (Å²) < 4.78 is 16.4. The zero-order valence-electron chi connectivity index (χ0n) is 9.65. The Bertz CT molecular complexity index is 278. The molecule has 0 bridgehead atoms. The first-order valence-electron chi connectivity index (χ1n) is 5.40. The van der Waals surface area contributed by atoms with E-state index in [1.54, 1.807) is 7.11 Å². The van der Waals surface area contributed by atoms with Gasteiger partial charge in [-0.25, -0.2) is 0 Å². The molecule has 0 aromatic carbocycles. The van der Waals surface area contributed by atoms with Crippen LogP contribution in [0.15, 0.2) is 0 Å². The molecular formula is C11H18O4. The molecule has 0 unspecified atom stereocenters. The number of hydrogen-bond acceptors (Lipinski definition) is 4. The summed E-state index contributed by atoms with van der Waals surface area (Å²) in [5, 5.41) is 0. The molecule has 2 saturated heterocycles. The number of esters is 1. The van der Waals surface area contributed by atoms with E-state index in [2.05, 4.69) is 6.92 Å². The van der Waals surface area contributed by atoms with Gasteiger partial charge in [-0.05, 0) is 13.8 Å². The third kappa shape index (κ3) is 1.66. The van der Waals surface area contributed by atoms with Crippen molar-refractivity contribution in [2.75, 3.05) is 7.11 Å². The summed E-state index contributed by atoms with van der Waals surface area (Å²) in [5.74, 6) is -0.718. The molecule has 2 fully saturated rings. The van der Waals surface area contributed by atoms with E-state index in [0.29, 0.717) is 6.42 Å². The zero-order chi connectivity index (χ0) is 11.2. The quantitative estimate of drug-likeness (QED) is 0.618. The predicted octanol–water partition coefficient (Wildman–Crippen LogP) is 1.34. The van der Waals surface area contributed by atoms with Gasteiger partial charge < -0.3 is 14.2 Å². The third-order valence-electron chi connectivity index (χ3n) is 3.67. The fraction of sp³-hybridized carbons (Fsp3) is 0.909. The van der Waals surface area contributed by atoms with Crippen LogP contribution >= 0.6 is 0 Å². The van der Waals surface area contributed by atoms with Crippen molar-refractivity contribution in [3.05, 3.63) is 0 Å². The highest BCUT2D eigenvalue weighted by Gasteiger charge is 2.53. The summed E-state index contributed by atoms with van der Waals surface area (Å²) in [5.41, 5.74) is 0. The number of rotatable bonds is 1. The summed E-state index contributed by atoms with van der Waals surface area (Å²) >= 11 is 0. The molecule has 86 valence electrons. The van der Waals surface area contributed by atoms with Crippen molar-refractivity contribution in [3.63, 3.8) is 0 Å².